The summed E-state index contributed by atoms with van der Waals surface area (Å²) >= 11 is 8.58. The normalized spacial score (nSPS) is 10.4. The summed E-state index contributed by atoms with van der Waals surface area (Å²) < 4.78 is 26.9. The van der Waals surface area contributed by atoms with Crippen LogP contribution in [0.3, 0.4) is 0 Å². The first kappa shape index (κ1) is 13.2. The molecular formula is C13H6BrClF2O. The van der Waals surface area contributed by atoms with Crippen LogP contribution < -0.4 is 0 Å². The molecule has 0 bridgehead atoms. The van der Waals surface area contributed by atoms with Gasteiger partial charge < -0.3 is 0 Å². The van der Waals surface area contributed by atoms with Crippen LogP contribution in [0.15, 0.2) is 40.9 Å². The highest BCUT2D eigenvalue weighted by atomic mass is 79.9. The quantitative estimate of drug-likeness (QED) is 0.734. The van der Waals surface area contributed by atoms with Crippen LogP contribution >= 0.6 is 27.5 Å². The number of halogens is 4. The predicted octanol–water partition coefficient (Wildman–Crippen LogP) is 4.61. The van der Waals surface area contributed by atoms with E-state index < -0.39 is 17.4 Å². The molecule has 0 amide bonds. The molecule has 5 heteroatoms. The molecule has 0 spiro atoms. The monoisotopic (exact) mass is 330 g/mol. The maximum Gasteiger partial charge on any atom is 0.197 e. The van der Waals surface area contributed by atoms with E-state index in [9.17, 15) is 13.6 Å². The summed E-state index contributed by atoms with van der Waals surface area (Å²) in [6.07, 6.45) is 0. The molecule has 2 aromatic carbocycles. The summed E-state index contributed by atoms with van der Waals surface area (Å²) in [5.74, 6) is -1.91. The number of rotatable bonds is 2. The minimum Gasteiger partial charge on any atom is -0.288 e. The standard InChI is InChI=1S/C13H6BrClF2O/c14-12-9(2-1-3-10(12)16)13(18)8-5-4-7(15)6-11(8)17/h1-6H. The van der Waals surface area contributed by atoms with Crippen molar-refractivity contribution in [3.05, 3.63) is 68.7 Å². The lowest BCUT2D eigenvalue weighted by Gasteiger charge is -2.06. The van der Waals surface area contributed by atoms with Crippen LogP contribution in [0.1, 0.15) is 15.9 Å². The molecular weight excluding hydrogens is 325 g/mol. The van der Waals surface area contributed by atoms with E-state index in [0.717, 1.165) is 6.07 Å². The summed E-state index contributed by atoms with van der Waals surface area (Å²) in [6, 6.07) is 7.74. The largest absolute Gasteiger partial charge is 0.288 e. The summed E-state index contributed by atoms with van der Waals surface area (Å²) in [6.45, 7) is 0. The summed E-state index contributed by atoms with van der Waals surface area (Å²) in [5.41, 5.74) is -0.0816. The van der Waals surface area contributed by atoms with Crippen molar-refractivity contribution in [2.45, 2.75) is 0 Å². The molecule has 0 radical (unpaired) electrons. The number of benzene rings is 2. The van der Waals surface area contributed by atoms with Gasteiger partial charge in [-0.2, -0.15) is 0 Å². The Labute approximate surface area is 116 Å². The molecule has 0 aliphatic heterocycles. The molecule has 92 valence electrons. The van der Waals surface area contributed by atoms with E-state index in [1.54, 1.807) is 0 Å². The number of hydrogen-bond acceptors (Lipinski definition) is 1. The van der Waals surface area contributed by atoms with Crippen molar-refractivity contribution >= 4 is 33.3 Å². The molecule has 2 rings (SSSR count). The van der Waals surface area contributed by atoms with Crippen molar-refractivity contribution in [3.63, 3.8) is 0 Å². The third-order valence-electron chi connectivity index (χ3n) is 2.37. The van der Waals surface area contributed by atoms with Crippen LogP contribution in [0, 0.1) is 11.6 Å². The van der Waals surface area contributed by atoms with Gasteiger partial charge in [0.25, 0.3) is 0 Å². The summed E-state index contributed by atoms with van der Waals surface area (Å²) in [7, 11) is 0. The maximum atomic E-state index is 13.6. The molecule has 0 heterocycles. The molecule has 0 aliphatic carbocycles. The van der Waals surface area contributed by atoms with E-state index in [1.807, 2.05) is 0 Å². The zero-order chi connectivity index (χ0) is 13.3. The highest BCUT2D eigenvalue weighted by molar-refractivity contribution is 9.10. The molecule has 0 aliphatic rings. The minimum absolute atomic E-state index is 0.0179. The minimum atomic E-state index is -0.733. The Hall–Kier alpha value is -1.26. The van der Waals surface area contributed by atoms with Gasteiger partial charge in [0, 0.05) is 10.6 Å². The van der Waals surface area contributed by atoms with E-state index >= 15 is 0 Å². The van der Waals surface area contributed by atoms with Crippen molar-refractivity contribution in [2.75, 3.05) is 0 Å². The Kier molecular flexibility index (Phi) is 3.78. The summed E-state index contributed by atoms with van der Waals surface area (Å²) in [5, 5.41) is 0.197. The molecule has 2 aromatic rings. The van der Waals surface area contributed by atoms with Crippen LogP contribution in [0.4, 0.5) is 8.78 Å². The Morgan fingerprint density at radius 2 is 1.78 bits per heavy atom. The first-order valence-electron chi connectivity index (χ1n) is 4.94. The second kappa shape index (κ2) is 5.16. The van der Waals surface area contributed by atoms with E-state index in [-0.39, 0.29) is 20.6 Å². The SMILES string of the molecule is O=C(c1ccc(Cl)cc1F)c1cccc(F)c1Br. The van der Waals surface area contributed by atoms with Crippen LogP contribution in [0.25, 0.3) is 0 Å². The van der Waals surface area contributed by atoms with Crippen molar-refractivity contribution in [2.24, 2.45) is 0 Å². The van der Waals surface area contributed by atoms with Gasteiger partial charge in [0.15, 0.2) is 5.78 Å². The van der Waals surface area contributed by atoms with E-state index in [2.05, 4.69) is 15.9 Å². The fraction of sp³-hybridized carbons (Fsp3) is 0. The zero-order valence-corrected chi connectivity index (χ0v) is 11.2. The maximum absolute atomic E-state index is 13.6. The molecule has 0 fully saturated rings. The second-order valence-corrected chi connectivity index (χ2v) is 4.78. The predicted molar refractivity (Wildman–Crippen MR) is 68.9 cm³/mol. The van der Waals surface area contributed by atoms with Gasteiger partial charge in [0.2, 0.25) is 0 Å². The lowest BCUT2D eigenvalue weighted by atomic mass is 10.0. The van der Waals surface area contributed by atoms with Gasteiger partial charge >= 0.3 is 0 Å². The van der Waals surface area contributed by atoms with E-state index in [0.29, 0.717) is 0 Å². The molecule has 0 saturated carbocycles. The first-order valence-corrected chi connectivity index (χ1v) is 6.11. The van der Waals surface area contributed by atoms with Gasteiger partial charge in [0.05, 0.1) is 10.0 Å². The zero-order valence-electron chi connectivity index (χ0n) is 8.88. The molecule has 0 atom stereocenters. The number of carbonyl (C=O) groups is 1. The van der Waals surface area contributed by atoms with Crippen molar-refractivity contribution in [3.8, 4) is 0 Å². The van der Waals surface area contributed by atoms with Gasteiger partial charge in [-0.3, -0.25) is 4.79 Å². The van der Waals surface area contributed by atoms with Gasteiger partial charge in [-0.25, -0.2) is 8.78 Å². The van der Waals surface area contributed by atoms with Gasteiger partial charge in [-0.05, 0) is 46.3 Å². The van der Waals surface area contributed by atoms with Gasteiger partial charge in [-0.1, -0.05) is 17.7 Å². The second-order valence-electron chi connectivity index (χ2n) is 3.55. The highest BCUT2D eigenvalue weighted by Crippen LogP contribution is 2.25. The third-order valence-corrected chi connectivity index (χ3v) is 3.41. The van der Waals surface area contributed by atoms with Gasteiger partial charge in [0.1, 0.15) is 11.6 Å². The Balaban J connectivity index is 2.51. The molecule has 0 unspecified atom stereocenters. The molecule has 18 heavy (non-hydrogen) atoms. The third kappa shape index (κ3) is 2.44. The van der Waals surface area contributed by atoms with E-state index in [1.165, 1.54) is 30.3 Å². The van der Waals surface area contributed by atoms with Gasteiger partial charge in [-0.15, -0.1) is 0 Å². The average molecular weight is 332 g/mol. The Morgan fingerprint density at radius 1 is 1.06 bits per heavy atom. The Morgan fingerprint density at radius 3 is 2.44 bits per heavy atom. The van der Waals surface area contributed by atoms with Crippen LogP contribution in [-0.4, -0.2) is 5.78 Å². The summed E-state index contributed by atoms with van der Waals surface area (Å²) in [4.78, 5) is 12.1. The van der Waals surface area contributed by atoms with Crippen molar-refractivity contribution < 1.29 is 13.6 Å². The molecule has 0 N–H and O–H groups in total. The van der Waals surface area contributed by atoms with Crippen LogP contribution in [-0.2, 0) is 0 Å². The van der Waals surface area contributed by atoms with E-state index in [4.69, 9.17) is 11.6 Å². The molecule has 1 nitrogen and oxygen atoms in total. The number of ketones is 1. The molecule has 0 aromatic heterocycles. The number of carbonyl (C=O) groups excluding carboxylic acids is 1. The fourth-order valence-electron chi connectivity index (χ4n) is 1.50. The first-order chi connectivity index (χ1) is 8.50. The Bertz CT molecular complexity index is 628. The lowest BCUT2D eigenvalue weighted by molar-refractivity contribution is 0.103. The van der Waals surface area contributed by atoms with Crippen LogP contribution in [0.5, 0.6) is 0 Å². The molecule has 0 saturated heterocycles. The fourth-order valence-corrected chi connectivity index (χ4v) is 2.10. The smallest absolute Gasteiger partial charge is 0.197 e. The lowest BCUT2D eigenvalue weighted by Crippen LogP contribution is -2.06. The highest BCUT2D eigenvalue weighted by Gasteiger charge is 2.18. The average Bonchev–Trinajstić information content (AvgIpc) is 2.32. The number of hydrogen-bond donors (Lipinski definition) is 0. The van der Waals surface area contributed by atoms with Crippen molar-refractivity contribution in [1.29, 1.82) is 0 Å². The van der Waals surface area contributed by atoms with Crippen LogP contribution in [0.2, 0.25) is 5.02 Å². The van der Waals surface area contributed by atoms with Crippen molar-refractivity contribution in [1.82, 2.24) is 0 Å². The topological polar surface area (TPSA) is 17.1 Å².